The highest BCUT2D eigenvalue weighted by Gasteiger charge is 2.27. The summed E-state index contributed by atoms with van der Waals surface area (Å²) >= 11 is 0. The van der Waals surface area contributed by atoms with Gasteiger partial charge in [0.15, 0.2) is 0 Å². The van der Waals surface area contributed by atoms with Crippen molar-refractivity contribution in [2.24, 2.45) is 0 Å². The largest absolute Gasteiger partial charge is 0.497 e. The summed E-state index contributed by atoms with van der Waals surface area (Å²) in [5.41, 5.74) is 4.47. The van der Waals surface area contributed by atoms with Crippen molar-refractivity contribution in [3.05, 3.63) is 74.8 Å². The molecule has 5 nitrogen and oxygen atoms in total. The van der Waals surface area contributed by atoms with Crippen molar-refractivity contribution >= 4 is 21.8 Å². The second-order valence-electron chi connectivity index (χ2n) is 6.77. The van der Waals surface area contributed by atoms with Gasteiger partial charge in [0, 0.05) is 56.5 Å². The minimum absolute atomic E-state index is 0.440. The van der Waals surface area contributed by atoms with Gasteiger partial charge in [-0.15, -0.1) is 0 Å². The van der Waals surface area contributed by atoms with Gasteiger partial charge >= 0.3 is 0 Å². The Hall–Kier alpha value is -3.60. The molecule has 132 valence electrons. The van der Waals surface area contributed by atoms with Gasteiger partial charge in [0.1, 0.15) is 5.75 Å². The van der Waals surface area contributed by atoms with Crippen LogP contribution in [0, 0.1) is 6.92 Å². The van der Waals surface area contributed by atoms with Gasteiger partial charge in [-0.25, -0.2) is 0 Å². The smallest absolute Gasteiger partial charge is 0.235 e. The number of aromatic amines is 2. The second-order valence-corrected chi connectivity index (χ2v) is 6.77. The molecule has 0 aliphatic heterocycles. The van der Waals surface area contributed by atoms with Crippen LogP contribution in [0.4, 0.5) is 0 Å². The summed E-state index contributed by atoms with van der Waals surface area (Å²) in [6, 6.07) is 11.7. The Morgan fingerprint density at radius 3 is 1.93 bits per heavy atom. The van der Waals surface area contributed by atoms with E-state index in [2.05, 4.69) is 9.97 Å². The number of methoxy groups -OCH3 is 1. The Kier molecular flexibility index (Phi) is 3.15. The fraction of sp³-hybridized carbons (Fsp3) is 0.0909. The first-order valence-electron chi connectivity index (χ1n) is 8.65. The Bertz CT molecular complexity index is 1410. The molecule has 0 radical (unpaired) electrons. The Morgan fingerprint density at radius 2 is 1.33 bits per heavy atom. The fourth-order valence-electron chi connectivity index (χ4n) is 3.78. The van der Waals surface area contributed by atoms with E-state index in [0.29, 0.717) is 16.9 Å². The van der Waals surface area contributed by atoms with E-state index >= 15 is 0 Å². The SMILES string of the molecule is COc1ccc2[nH]cc(-c3c(-c4c[nH]c5ccc(C)cc45)c(=O)c3=O)c2c1. The number of benzene rings is 2. The number of fused-ring (bicyclic) bond motifs is 2. The molecule has 0 saturated heterocycles. The van der Waals surface area contributed by atoms with Crippen LogP contribution in [-0.2, 0) is 0 Å². The molecule has 0 atom stereocenters. The quantitative estimate of drug-likeness (QED) is 0.482. The summed E-state index contributed by atoms with van der Waals surface area (Å²) in [4.78, 5) is 31.4. The number of hydrogen-bond donors (Lipinski definition) is 2. The fourth-order valence-corrected chi connectivity index (χ4v) is 3.78. The minimum Gasteiger partial charge on any atom is -0.497 e. The van der Waals surface area contributed by atoms with E-state index in [1.54, 1.807) is 19.5 Å². The number of aryl methyl sites for hydroxylation is 1. The molecule has 0 aliphatic carbocycles. The third kappa shape index (κ3) is 2.11. The summed E-state index contributed by atoms with van der Waals surface area (Å²) in [5.74, 6) is 0.700. The molecular weight excluding hydrogens is 340 g/mol. The molecule has 2 aromatic heterocycles. The summed E-state index contributed by atoms with van der Waals surface area (Å²) in [6.45, 7) is 2.01. The van der Waals surface area contributed by atoms with Gasteiger partial charge in [0.2, 0.25) is 10.9 Å². The molecule has 0 saturated carbocycles. The van der Waals surface area contributed by atoms with Gasteiger partial charge in [-0.3, -0.25) is 9.59 Å². The molecule has 0 spiro atoms. The van der Waals surface area contributed by atoms with Crippen molar-refractivity contribution in [2.75, 3.05) is 7.11 Å². The van der Waals surface area contributed by atoms with Crippen molar-refractivity contribution in [3.8, 4) is 28.0 Å². The Balaban J connectivity index is 1.79. The van der Waals surface area contributed by atoms with Crippen LogP contribution in [-0.4, -0.2) is 17.1 Å². The normalized spacial score (nSPS) is 11.6. The summed E-state index contributed by atoms with van der Waals surface area (Å²) in [6.07, 6.45) is 3.59. The number of H-pyrrole nitrogens is 2. The highest BCUT2D eigenvalue weighted by molar-refractivity contribution is 6.06. The average Bonchev–Trinajstić information content (AvgIpc) is 3.28. The van der Waals surface area contributed by atoms with Gasteiger partial charge < -0.3 is 14.7 Å². The van der Waals surface area contributed by atoms with Crippen LogP contribution in [0.1, 0.15) is 5.56 Å². The van der Waals surface area contributed by atoms with E-state index in [1.165, 1.54) is 0 Å². The van der Waals surface area contributed by atoms with Crippen LogP contribution in [0.5, 0.6) is 5.75 Å². The highest BCUT2D eigenvalue weighted by atomic mass is 16.5. The molecule has 5 aromatic rings. The van der Waals surface area contributed by atoms with E-state index in [9.17, 15) is 9.59 Å². The van der Waals surface area contributed by atoms with Crippen LogP contribution in [0.2, 0.25) is 0 Å². The standard InChI is InChI=1S/C22H16N2O3/c1-11-3-5-17-13(7-11)15(9-23-17)19-20(22(26)21(19)25)16-10-24-18-6-4-12(27-2)8-14(16)18/h3-10,23-24H,1-2H3. The Morgan fingerprint density at radius 1 is 0.778 bits per heavy atom. The molecule has 2 N–H and O–H groups in total. The third-order valence-corrected chi connectivity index (χ3v) is 5.18. The maximum Gasteiger partial charge on any atom is 0.235 e. The van der Waals surface area contributed by atoms with Crippen molar-refractivity contribution in [1.29, 1.82) is 0 Å². The summed E-state index contributed by atoms with van der Waals surface area (Å²) in [5, 5.41) is 1.81. The molecule has 0 aliphatic rings. The molecular formula is C22H16N2O3. The lowest BCUT2D eigenvalue weighted by atomic mass is 9.89. The topological polar surface area (TPSA) is 75.0 Å². The number of nitrogens with one attached hydrogen (secondary N) is 2. The molecule has 3 aromatic carbocycles. The lowest BCUT2D eigenvalue weighted by molar-refractivity contribution is 0.415. The van der Waals surface area contributed by atoms with Gasteiger partial charge in [-0.2, -0.15) is 0 Å². The van der Waals surface area contributed by atoms with Crippen molar-refractivity contribution < 1.29 is 4.74 Å². The number of ether oxygens (including phenoxy) is 1. The Labute approximate surface area is 153 Å². The first-order valence-corrected chi connectivity index (χ1v) is 8.65. The zero-order chi connectivity index (χ0) is 18.7. The van der Waals surface area contributed by atoms with Gasteiger partial charge in [0.25, 0.3) is 0 Å². The van der Waals surface area contributed by atoms with E-state index in [4.69, 9.17) is 4.74 Å². The first-order chi connectivity index (χ1) is 13.1. The van der Waals surface area contributed by atoms with Crippen molar-refractivity contribution in [3.63, 3.8) is 0 Å². The van der Waals surface area contributed by atoms with Gasteiger partial charge in [-0.05, 0) is 37.3 Å². The zero-order valence-corrected chi connectivity index (χ0v) is 14.8. The van der Waals surface area contributed by atoms with Crippen LogP contribution in [0.3, 0.4) is 0 Å². The van der Waals surface area contributed by atoms with Gasteiger partial charge in [0.05, 0.1) is 7.11 Å². The van der Waals surface area contributed by atoms with Crippen molar-refractivity contribution in [1.82, 2.24) is 9.97 Å². The predicted octanol–water partition coefficient (Wildman–Crippen LogP) is 3.90. The highest BCUT2D eigenvalue weighted by Crippen LogP contribution is 2.37. The predicted molar refractivity (Wildman–Crippen MR) is 107 cm³/mol. The first kappa shape index (κ1) is 15.6. The molecule has 0 fully saturated rings. The van der Waals surface area contributed by atoms with Crippen LogP contribution in [0.25, 0.3) is 44.1 Å². The molecule has 0 bridgehead atoms. The average molecular weight is 356 g/mol. The van der Waals surface area contributed by atoms with Crippen LogP contribution in [0.15, 0.2) is 58.4 Å². The molecule has 2 heterocycles. The van der Waals surface area contributed by atoms with Crippen LogP contribution < -0.4 is 15.6 Å². The second kappa shape index (κ2) is 5.45. The summed E-state index contributed by atoms with van der Waals surface area (Å²) < 4.78 is 5.31. The third-order valence-electron chi connectivity index (χ3n) is 5.18. The lowest BCUT2D eigenvalue weighted by Gasteiger charge is -2.10. The molecule has 27 heavy (non-hydrogen) atoms. The van der Waals surface area contributed by atoms with Gasteiger partial charge in [-0.1, -0.05) is 11.6 Å². The molecule has 0 unspecified atom stereocenters. The monoisotopic (exact) mass is 356 g/mol. The van der Waals surface area contributed by atoms with E-state index in [-0.39, 0.29) is 0 Å². The number of rotatable bonds is 3. The minimum atomic E-state index is -0.448. The molecule has 0 amide bonds. The van der Waals surface area contributed by atoms with E-state index in [0.717, 1.165) is 38.5 Å². The number of aromatic nitrogens is 2. The number of hydrogen-bond acceptors (Lipinski definition) is 3. The summed E-state index contributed by atoms with van der Waals surface area (Å²) in [7, 11) is 1.60. The zero-order valence-electron chi connectivity index (χ0n) is 14.8. The van der Waals surface area contributed by atoms with E-state index in [1.807, 2.05) is 43.3 Å². The van der Waals surface area contributed by atoms with Crippen LogP contribution >= 0.6 is 0 Å². The maximum atomic E-state index is 12.5. The van der Waals surface area contributed by atoms with Crippen molar-refractivity contribution in [2.45, 2.75) is 6.92 Å². The molecule has 5 rings (SSSR count). The maximum absolute atomic E-state index is 12.5. The molecule has 5 heteroatoms. The lowest BCUT2D eigenvalue weighted by Crippen LogP contribution is -2.34. The van der Waals surface area contributed by atoms with E-state index < -0.39 is 10.9 Å².